The van der Waals surface area contributed by atoms with Crippen LogP contribution in [0.25, 0.3) is 0 Å². The summed E-state index contributed by atoms with van der Waals surface area (Å²) in [5.74, 6) is 0. The van der Waals surface area contributed by atoms with Gasteiger partial charge in [0.25, 0.3) is 0 Å². The summed E-state index contributed by atoms with van der Waals surface area (Å²) in [4.78, 5) is 4.21. The van der Waals surface area contributed by atoms with E-state index in [0.29, 0.717) is 5.69 Å². The lowest BCUT2D eigenvalue weighted by molar-refractivity contribution is 0.598. The second kappa shape index (κ2) is 5.23. The highest BCUT2D eigenvalue weighted by Gasteiger charge is 2.12. The molecule has 0 fully saturated rings. The van der Waals surface area contributed by atoms with E-state index in [1.165, 1.54) is 6.07 Å². The Hall–Kier alpha value is -1.20. The molecule has 2 N–H and O–H groups in total. The molecule has 0 saturated carbocycles. The van der Waals surface area contributed by atoms with E-state index < -0.39 is 10.0 Å². The number of benzene rings is 1. The monoisotopic (exact) mass is 240 g/mol. The molecule has 0 aliphatic heterocycles. The van der Waals surface area contributed by atoms with Crippen LogP contribution in [-0.4, -0.2) is 14.6 Å². The number of nitrogens with zero attached hydrogens (tertiary/aromatic N) is 1. The lowest BCUT2D eigenvalue weighted by atomic mass is 10.2. The Morgan fingerprint density at radius 1 is 1.44 bits per heavy atom. The molecule has 1 aromatic rings. The smallest absolute Gasteiger partial charge is 0.240 e. The Kier molecular flexibility index (Phi) is 4.20. The maximum atomic E-state index is 11.3. The molecule has 0 bridgehead atoms. The van der Waals surface area contributed by atoms with Crippen molar-refractivity contribution >= 4 is 21.9 Å². The number of aliphatic imine (C=N–C) groups is 1. The van der Waals surface area contributed by atoms with Crippen LogP contribution in [0, 0.1) is 6.92 Å². The van der Waals surface area contributed by atoms with Gasteiger partial charge in [0.1, 0.15) is 4.90 Å². The van der Waals surface area contributed by atoms with Crippen molar-refractivity contribution in [3.8, 4) is 0 Å². The van der Waals surface area contributed by atoms with Gasteiger partial charge in [-0.3, -0.25) is 4.99 Å². The summed E-state index contributed by atoms with van der Waals surface area (Å²) >= 11 is 0. The Morgan fingerprint density at radius 2 is 2.12 bits per heavy atom. The minimum absolute atomic E-state index is 0.0745. The first kappa shape index (κ1) is 12.9. The fourth-order valence-electron chi connectivity index (χ4n) is 1.26. The van der Waals surface area contributed by atoms with Crippen LogP contribution in [0.2, 0.25) is 0 Å². The molecule has 0 unspecified atom stereocenters. The van der Waals surface area contributed by atoms with E-state index in [1.807, 2.05) is 13.8 Å². The van der Waals surface area contributed by atoms with Crippen molar-refractivity contribution in [3.05, 3.63) is 23.8 Å². The average Bonchev–Trinajstić information content (AvgIpc) is 2.16. The van der Waals surface area contributed by atoms with Gasteiger partial charge in [-0.2, -0.15) is 0 Å². The van der Waals surface area contributed by atoms with Crippen LogP contribution in [0.1, 0.15) is 25.3 Å². The fourth-order valence-corrected chi connectivity index (χ4v) is 1.92. The maximum Gasteiger partial charge on any atom is 0.240 e. The number of unbranched alkanes of at least 4 members (excludes halogenated alkanes) is 1. The molecule has 0 amide bonds. The largest absolute Gasteiger partial charge is 0.260 e. The molecule has 88 valence electrons. The maximum absolute atomic E-state index is 11.3. The van der Waals surface area contributed by atoms with Crippen LogP contribution in [0.3, 0.4) is 0 Å². The topological polar surface area (TPSA) is 72.5 Å². The number of nitrogens with two attached hydrogens (primary N) is 1. The molecular weight excluding hydrogens is 224 g/mol. The van der Waals surface area contributed by atoms with Gasteiger partial charge in [0, 0.05) is 6.21 Å². The molecule has 4 nitrogen and oxygen atoms in total. The number of rotatable bonds is 4. The summed E-state index contributed by atoms with van der Waals surface area (Å²) in [6, 6.07) is 4.91. The van der Waals surface area contributed by atoms with Crippen LogP contribution in [0.5, 0.6) is 0 Å². The second-order valence-corrected chi connectivity index (χ2v) is 5.15. The fraction of sp³-hybridized carbons (Fsp3) is 0.364. The highest BCUT2D eigenvalue weighted by Crippen LogP contribution is 2.24. The number of sulfonamides is 1. The van der Waals surface area contributed by atoms with E-state index in [9.17, 15) is 8.42 Å². The molecular formula is C11H16N2O2S. The zero-order valence-corrected chi connectivity index (χ0v) is 10.3. The van der Waals surface area contributed by atoms with Gasteiger partial charge in [0.15, 0.2) is 0 Å². The van der Waals surface area contributed by atoms with Crippen molar-refractivity contribution < 1.29 is 8.42 Å². The second-order valence-electron chi connectivity index (χ2n) is 3.62. The van der Waals surface area contributed by atoms with Crippen LogP contribution < -0.4 is 5.14 Å². The molecule has 0 aliphatic carbocycles. The molecule has 1 rings (SSSR count). The highest BCUT2D eigenvalue weighted by molar-refractivity contribution is 7.89. The van der Waals surface area contributed by atoms with Crippen LogP contribution in [0.15, 0.2) is 28.1 Å². The SMILES string of the molecule is CCCC=Nc1cc(C)ccc1S(N)(=O)=O. The summed E-state index contributed by atoms with van der Waals surface area (Å²) in [7, 11) is -3.70. The molecule has 16 heavy (non-hydrogen) atoms. The third-order valence-electron chi connectivity index (χ3n) is 2.07. The van der Waals surface area contributed by atoms with Crippen LogP contribution >= 0.6 is 0 Å². The Morgan fingerprint density at radius 3 is 2.69 bits per heavy atom. The lowest BCUT2D eigenvalue weighted by Crippen LogP contribution is -2.12. The van der Waals surface area contributed by atoms with Crippen molar-refractivity contribution in [2.24, 2.45) is 10.1 Å². The first-order valence-electron chi connectivity index (χ1n) is 5.11. The first-order chi connectivity index (χ1) is 7.45. The van der Waals surface area contributed by atoms with Crippen molar-refractivity contribution in [2.45, 2.75) is 31.6 Å². The summed E-state index contributed by atoms with van der Waals surface area (Å²) in [6.07, 6.45) is 3.50. The van der Waals surface area contributed by atoms with Gasteiger partial charge in [-0.15, -0.1) is 0 Å². The van der Waals surface area contributed by atoms with E-state index in [0.717, 1.165) is 18.4 Å². The normalized spacial score (nSPS) is 12.2. The van der Waals surface area contributed by atoms with Crippen molar-refractivity contribution in [1.29, 1.82) is 0 Å². The van der Waals surface area contributed by atoms with Crippen molar-refractivity contribution in [1.82, 2.24) is 0 Å². The van der Waals surface area contributed by atoms with Gasteiger partial charge in [-0.1, -0.05) is 19.4 Å². The van der Waals surface area contributed by atoms with Crippen molar-refractivity contribution in [2.75, 3.05) is 0 Å². The zero-order chi connectivity index (χ0) is 12.2. The van der Waals surface area contributed by atoms with Crippen molar-refractivity contribution in [3.63, 3.8) is 0 Å². The zero-order valence-electron chi connectivity index (χ0n) is 9.47. The highest BCUT2D eigenvalue weighted by atomic mass is 32.2. The Balaban J connectivity index is 3.19. The molecule has 1 aromatic carbocycles. The first-order valence-corrected chi connectivity index (χ1v) is 6.65. The standard InChI is InChI=1S/C11H16N2O2S/c1-3-4-7-13-10-8-9(2)5-6-11(10)16(12,14)15/h5-8H,3-4H2,1-2H3,(H2,12,14,15). The molecule has 0 spiro atoms. The number of aryl methyl sites for hydroxylation is 1. The molecule has 0 radical (unpaired) electrons. The Bertz CT molecular complexity index is 493. The predicted molar refractivity (Wildman–Crippen MR) is 65.6 cm³/mol. The quantitative estimate of drug-likeness (QED) is 0.819. The van der Waals surface area contributed by atoms with Crippen LogP contribution in [-0.2, 0) is 10.0 Å². The average molecular weight is 240 g/mol. The van der Waals surface area contributed by atoms with Gasteiger partial charge in [-0.05, 0) is 31.0 Å². The minimum Gasteiger partial charge on any atom is -0.260 e. The van der Waals surface area contributed by atoms with Gasteiger partial charge in [0.2, 0.25) is 10.0 Å². The summed E-state index contributed by atoms with van der Waals surface area (Å²) in [5, 5.41) is 5.11. The van der Waals surface area contributed by atoms with E-state index in [1.54, 1.807) is 18.3 Å². The number of hydrogen-bond acceptors (Lipinski definition) is 3. The third-order valence-corrected chi connectivity index (χ3v) is 3.03. The Labute approximate surface area is 96.3 Å². The van der Waals surface area contributed by atoms with E-state index in [4.69, 9.17) is 5.14 Å². The molecule has 0 heterocycles. The minimum atomic E-state index is -3.70. The summed E-state index contributed by atoms with van der Waals surface area (Å²) < 4.78 is 22.6. The summed E-state index contributed by atoms with van der Waals surface area (Å²) in [5.41, 5.74) is 1.37. The molecule has 0 aliphatic rings. The van der Waals surface area contributed by atoms with E-state index >= 15 is 0 Å². The number of hydrogen-bond donors (Lipinski definition) is 1. The molecule has 0 atom stereocenters. The third kappa shape index (κ3) is 3.43. The van der Waals surface area contributed by atoms with Gasteiger partial charge < -0.3 is 0 Å². The predicted octanol–water partition coefficient (Wildman–Crippen LogP) is 2.14. The van der Waals surface area contributed by atoms with E-state index in [2.05, 4.69) is 4.99 Å². The molecule has 0 saturated heterocycles. The van der Waals surface area contributed by atoms with Gasteiger partial charge in [-0.25, -0.2) is 13.6 Å². The molecule has 5 heteroatoms. The summed E-state index contributed by atoms with van der Waals surface area (Å²) in [6.45, 7) is 3.91. The number of primary sulfonamides is 1. The van der Waals surface area contributed by atoms with Gasteiger partial charge in [0.05, 0.1) is 5.69 Å². The lowest BCUT2D eigenvalue weighted by Gasteiger charge is -2.04. The van der Waals surface area contributed by atoms with Gasteiger partial charge >= 0.3 is 0 Å². The molecule has 0 aromatic heterocycles. The van der Waals surface area contributed by atoms with Crippen LogP contribution in [0.4, 0.5) is 5.69 Å². The van der Waals surface area contributed by atoms with E-state index in [-0.39, 0.29) is 4.90 Å².